The zero-order valence-corrected chi connectivity index (χ0v) is 24.1. The number of hydrogen-bond acceptors (Lipinski definition) is 7. The number of halogens is 6. The van der Waals surface area contributed by atoms with Gasteiger partial charge in [0.2, 0.25) is 12.6 Å². The second-order valence-corrected chi connectivity index (χ2v) is 10.3. The monoisotopic (exact) mass is 650 g/mol. The second kappa shape index (κ2) is 15.5. The summed E-state index contributed by atoms with van der Waals surface area (Å²) in [7, 11) is 0. The molecule has 0 saturated carbocycles. The van der Waals surface area contributed by atoms with Gasteiger partial charge in [0.25, 0.3) is 11.8 Å². The van der Waals surface area contributed by atoms with Gasteiger partial charge in [-0.05, 0) is 30.0 Å². The number of piperazine rings is 2. The summed E-state index contributed by atoms with van der Waals surface area (Å²) in [6.07, 6.45) is -9.69. The van der Waals surface area contributed by atoms with Crippen LogP contribution in [0.15, 0.2) is 36.4 Å². The van der Waals surface area contributed by atoms with Crippen molar-refractivity contribution < 1.29 is 45.5 Å². The Balaban J connectivity index is 0.000000187. The van der Waals surface area contributed by atoms with Gasteiger partial charge in [-0.1, -0.05) is 30.3 Å². The lowest BCUT2D eigenvalue weighted by atomic mass is 9.89. The first-order valence-corrected chi connectivity index (χ1v) is 13.8. The summed E-state index contributed by atoms with van der Waals surface area (Å²) in [6, 6.07) is 13.5. The number of hydrogen-bond donors (Lipinski definition) is 2. The van der Waals surface area contributed by atoms with Crippen LogP contribution in [0.25, 0.3) is 4.85 Å². The molecule has 4 aliphatic rings. The summed E-state index contributed by atoms with van der Waals surface area (Å²) < 4.78 is 62.5. The highest BCUT2D eigenvalue weighted by Gasteiger charge is 2.35. The van der Waals surface area contributed by atoms with Crippen molar-refractivity contribution in [1.29, 1.82) is 5.26 Å². The van der Waals surface area contributed by atoms with Gasteiger partial charge in [0.05, 0.1) is 23.8 Å². The minimum atomic E-state index is -4.64. The van der Waals surface area contributed by atoms with Crippen LogP contribution in [-0.4, -0.2) is 97.9 Å². The molecule has 2 amide bonds. The quantitative estimate of drug-likeness (QED) is 0.255. The topological polar surface area (TPSA) is 127 Å². The van der Waals surface area contributed by atoms with Crippen molar-refractivity contribution in [1.82, 2.24) is 20.4 Å². The third kappa shape index (κ3) is 9.35. The number of nitrogens with one attached hydrogen (secondary N) is 2. The van der Waals surface area contributed by atoms with E-state index in [-0.39, 0.29) is 23.9 Å². The average molecular weight is 651 g/mol. The molecular weight excluding hydrogens is 622 g/mol. The number of rotatable bonds is 0. The van der Waals surface area contributed by atoms with Crippen molar-refractivity contribution in [2.45, 2.75) is 37.3 Å². The molecule has 244 valence electrons. The van der Waals surface area contributed by atoms with Crippen LogP contribution in [0.1, 0.15) is 37.4 Å². The molecular formula is C30H28F6N6O4. The van der Waals surface area contributed by atoms with Gasteiger partial charge in [-0.15, -0.1) is 0 Å². The summed E-state index contributed by atoms with van der Waals surface area (Å²) in [5.74, 6) is 0.143. The van der Waals surface area contributed by atoms with E-state index in [9.17, 15) is 35.9 Å². The number of alkyl halides is 6. The zero-order valence-electron chi connectivity index (χ0n) is 24.1. The van der Waals surface area contributed by atoms with Crippen LogP contribution in [0.3, 0.4) is 0 Å². The normalized spacial score (nSPS) is 19.7. The van der Waals surface area contributed by atoms with Crippen LogP contribution in [0.2, 0.25) is 0 Å². The average Bonchev–Trinajstić information content (AvgIpc) is 3.04. The highest BCUT2D eigenvalue weighted by Crippen LogP contribution is 2.28. The third-order valence-electron chi connectivity index (χ3n) is 7.33. The van der Waals surface area contributed by atoms with E-state index in [0.29, 0.717) is 16.8 Å². The third-order valence-corrected chi connectivity index (χ3v) is 7.33. The number of amides is 2. The lowest BCUT2D eigenvalue weighted by Crippen LogP contribution is -2.56. The van der Waals surface area contributed by atoms with E-state index in [1.54, 1.807) is 18.2 Å². The number of carbonyl (C=O) groups excluding carboxylic acids is 4. The fourth-order valence-corrected chi connectivity index (χ4v) is 5.37. The van der Waals surface area contributed by atoms with Crippen molar-refractivity contribution in [2.24, 2.45) is 0 Å². The molecule has 16 heteroatoms. The van der Waals surface area contributed by atoms with E-state index in [1.165, 1.54) is 0 Å². The molecule has 0 radical (unpaired) electrons. The van der Waals surface area contributed by atoms with Crippen molar-refractivity contribution >= 4 is 30.1 Å². The summed E-state index contributed by atoms with van der Waals surface area (Å²) in [5.41, 5.74) is 4.55. The van der Waals surface area contributed by atoms with Crippen LogP contribution in [0.4, 0.5) is 32.0 Å². The SMILES string of the molecule is N#Cc1cccc2c1C(=O)N1CCNC[C@H]1C2.O=CC(F)(F)F.O=CC(F)(F)F.[C-]#[N+]c1ccc2c(c1)C[C@@H]1CNCCN1C2=O. The van der Waals surface area contributed by atoms with Gasteiger partial charge < -0.3 is 20.4 Å². The van der Waals surface area contributed by atoms with Crippen LogP contribution in [-0.2, 0) is 22.4 Å². The van der Waals surface area contributed by atoms with Crippen molar-refractivity contribution in [3.05, 3.63) is 75.6 Å². The Kier molecular flexibility index (Phi) is 12.0. The Hall–Kier alpha value is -4.80. The van der Waals surface area contributed by atoms with Gasteiger partial charge in [-0.3, -0.25) is 19.2 Å². The van der Waals surface area contributed by atoms with E-state index in [1.807, 2.05) is 28.0 Å². The van der Waals surface area contributed by atoms with Crippen LogP contribution in [0.5, 0.6) is 0 Å². The van der Waals surface area contributed by atoms with Gasteiger partial charge in [-0.2, -0.15) is 31.6 Å². The smallest absolute Gasteiger partial charge is 0.333 e. The van der Waals surface area contributed by atoms with Gasteiger partial charge in [0, 0.05) is 56.9 Å². The Morgan fingerprint density at radius 2 is 1.37 bits per heavy atom. The Bertz CT molecular complexity index is 1510. The van der Waals surface area contributed by atoms with Gasteiger partial charge in [-0.25, -0.2) is 4.85 Å². The van der Waals surface area contributed by atoms with E-state index in [2.05, 4.69) is 21.5 Å². The summed E-state index contributed by atoms with van der Waals surface area (Å²) in [5, 5.41) is 15.7. The second-order valence-electron chi connectivity index (χ2n) is 10.3. The van der Waals surface area contributed by atoms with Gasteiger partial charge in [0.15, 0.2) is 5.69 Å². The van der Waals surface area contributed by atoms with E-state index < -0.39 is 24.9 Å². The minimum Gasteiger partial charge on any atom is -0.333 e. The van der Waals surface area contributed by atoms with Crippen LogP contribution < -0.4 is 10.6 Å². The molecule has 4 aliphatic heterocycles. The molecule has 2 N–H and O–H groups in total. The number of fused-ring (bicyclic) bond motifs is 4. The zero-order chi connectivity index (χ0) is 34.1. The lowest BCUT2D eigenvalue weighted by molar-refractivity contribution is -0.156. The first kappa shape index (κ1) is 35.7. The maximum Gasteiger partial charge on any atom is 0.446 e. The number of nitrogens with zero attached hydrogens (tertiary/aromatic N) is 4. The number of benzene rings is 2. The summed E-state index contributed by atoms with van der Waals surface area (Å²) in [6.45, 7) is 12.0. The molecule has 6 rings (SSSR count). The molecule has 0 bridgehead atoms. The van der Waals surface area contributed by atoms with E-state index >= 15 is 0 Å². The first-order valence-electron chi connectivity index (χ1n) is 13.8. The van der Waals surface area contributed by atoms with Gasteiger partial charge >= 0.3 is 12.4 Å². The molecule has 0 spiro atoms. The molecule has 0 unspecified atom stereocenters. The lowest BCUT2D eigenvalue weighted by Gasteiger charge is -2.40. The minimum absolute atomic E-state index is 0.0231. The molecule has 2 fully saturated rings. The maximum absolute atomic E-state index is 12.4. The Morgan fingerprint density at radius 3 is 1.87 bits per heavy atom. The summed E-state index contributed by atoms with van der Waals surface area (Å²) in [4.78, 5) is 49.3. The first-order chi connectivity index (χ1) is 21.7. The molecule has 10 nitrogen and oxygen atoms in total. The molecule has 2 atom stereocenters. The van der Waals surface area contributed by atoms with Crippen LogP contribution >= 0.6 is 0 Å². The summed E-state index contributed by atoms with van der Waals surface area (Å²) >= 11 is 0. The number of aldehydes is 2. The molecule has 2 aromatic rings. The maximum atomic E-state index is 12.4. The molecule has 2 saturated heterocycles. The fourth-order valence-electron chi connectivity index (χ4n) is 5.37. The molecule has 46 heavy (non-hydrogen) atoms. The highest BCUT2D eigenvalue weighted by molar-refractivity contribution is 5.99. The largest absolute Gasteiger partial charge is 0.446 e. The Labute approximate surface area is 259 Å². The van der Waals surface area contributed by atoms with Crippen molar-refractivity contribution in [3.63, 3.8) is 0 Å². The highest BCUT2D eigenvalue weighted by atomic mass is 19.4. The van der Waals surface area contributed by atoms with E-state index in [4.69, 9.17) is 21.4 Å². The number of nitriles is 1. The molecule has 0 aliphatic carbocycles. The number of carbonyl (C=O) groups is 4. The van der Waals surface area contributed by atoms with E-state index in [0.717, 1.165) is 68.8 Å². The standard InChI is InChI=1S/2C13H13N3O.2C2HF3O/c1-14-10-2-3-12-9(6-10)7-11-8-15-4-5-16(11)13(12)17;14-7-10-3-1-2-9-6-11-8-15-4-5-16(11)13(17)12(9)10;2*3-2(4,5)1-6/h2-3,6,11,15H,4-5,7-8H2;1-3,11,15H,4-6,8H2;2*1H/t2*11-;;/m11../s1. The van der Waals surface area contributed by atoms with Crippen molar-refractivity contribution in [2.75, 3.05) is 39.3 Å². The van der Waals surface area contributed by atoms with Gasteiger partial charge in [0.1, 0.15) is 0 Å². The van der Waals surface area contributed by atoms with Crippen molar-refractivity contribution in [3.8, 4) is 6.07 Å². The Morgan fingerprint density at radius 1 is 0.848 bits per heavy atom. The fraction of sp³-hybridized carbons (Fsp3) is 0.400. The van der Waals surface area contributed by atoms with Crippen LogP contribution in [0, 0.1) is 17.9 Å². The predicted octanol–water partition coefficient (Wildman–Crippen LogP) is 3.23. The predicted molar refractivity (Wildman–Crippen MR) is 151 cm³/mol. The molecule has 2 aromatic carbocycles. The molecule has 4 heterocycles. The molecule has 0 aromatic heterocycles.